The Bertz CT molecular complexity index is 972. The highest BCUT2D eigenvalue weighted by Gasteiger charge is 2.34. The van der Waals surface area contributed by atoms with E-state index in [1.165, 1.54) is 10.5 Å². The first kappa shape index (κ1) is 18.6. The van der Waals surface area contributed by atoms with Gasteiger partial charge in [0.25, 0.3) is 0 Å². The lowest BCUT2D eigenvalue weighted by Gasteiger charge is -2.30. The summed E-state index contributed by atoms with van der Waals surface area (Å²) in [6, 6.07) is 4.88. The van der Waals surface area contributed by atoms with Crippen LogP contribution in [0.15, 0.2) is 35.5 Å². The van der Waals surface area contributed by atoms with Crippen LogP contribution >= 0.6 is 11.6 Å². The van der Waals surface area contributed by atoms with Gasteiger partial charge in [0.05, 0.1) is 16.5 Å². The molecular weight excluding hydrogens is 388 g/mol. The minimum absolute atomic E-state index is 0.0433. The highest BCUT2D eigenvalue weighted by Crippen LogP contribution is 2.32. The van der Waals surface area contributed by atoms with Crippen LogP contribution < -0.4 is 5.32 Å². The van der Waals surface area contributed by atoms with Gasteiger partial charge in [0.1, 0.15) is 0 Å². The molecule has 2 aromatic rings. The van der Waals surface area contributed by atoms with E-state index in [1.807, 2.05) is 0 Å². The van der Waals surface area contributed by atoms with Crippen LogP contribution in [0.25, 0.3) is 10.8 Å². The number of carbonyl (C=O) groups excluding carboxylic acids is 1. The molecule has 0 unspecified atom stereocenters. The summed E-state index contributed by atoms with van der Waals surface area (Å²) in [7, 11) is -3.71. The van der Waals surface area contributed by atoms with Gasteiger partial charge in [-0.25, -0.2) is 8.42 Å². The van der Waals surface area contributed by atoms with Gasteiger partial charge in [-0.2, -0.15) is 4.31 Å². The molecule has 1 amide bonds. The zero-order chi connectivity index (χ0) is 19.0. The maximum absolute atomic E-state index is 13.2. The van der Waals surface area contributed by atoms with Crippen LogP contribution in [0.1, 0.15) is 12.8 Å². The van der Waals surface area contributed by atoms with Crippen molar-refractivity contribution in [2.75, 3.05) is 32.7 Å². The number of benzene rings is 1. The average molecular weight is 409 g/mol. The van der Waals surface area contributed by atoms with Crippen molar-refractivity contribution < 1.29 is 13.2 Å². The summed E-state index contributed by atoms with van der Waals surface area (Å²) in [5, 5.41) is 4.44. The number of sulfonamides is 1. The van der Waals surface area contributed by atoms with Crippen molar-refractivity contribution in [2.24, 2.45) is 0 Å². The van der Waals surface area contributed by atoms with E-state index in [0.717, 1.165) is 19.5 Å². The number of halogens is 1. The van der Waals surface area contributed by atoms with Crippen molar-refractivity contribution in [1.29, 1.82) is 0 Å². The van der Waals surface area contributed by atoms with Gasteiger partial charge in [-0.1, -0.05) is 23.7 Å². The van der Waals surface area contributed by atoms with E-state index in [-0.39, 0.29) is 23.4 Å². The molecule has 2 saturated heterocycles. The summed E-state index contributed by atoms with van der Waals surface area (Å²) >= 11 is 6.23. The summed E-state index contributed by atoms with van der Waals surface area (Å²) in [6.45, 7) is 2.93. The number of hydrogen-bond acceptors (Lipinski definition) is 5. The van der Waals surface area contributed by atoms with Crippen LogP contribution in [-0.2, 0) is 14.8 Å². The average Bonchev–Trinajstić information content (AvgIpc) is 3.07. The SMILES string of the molecule is O=C(CN1CCC1)N[C@H]1CCN(S(=O)(=O)c2cccc3cncc(Cl)c23)C1. The molecular formula is C18H21ClN4O3S. The van der Waals surface area contributed by atoms with E-state index < -0.39 is 10.0 Å². The zero-order valence-corrected chi connectivity index (χ0v) is 16.3. The first-order chi connectivity index (χ1) is 12.9. The quantitative estimate of drug-likeness (QED) is 0.810. The second kappa shape index (κ2) is 7.35. The topological polar surface area (TPSA) is 82.6 Å². The summed E-state index contributed by atoms with van der Waals surface area (Å²) in [5.74, 6) is -0.0433. The van der Waals surface area contributed by atoms with E-state index in [9.17, 15) is 13.2 Å². The normalized spacial score (nSPS) is 21.3. The molecule has 0 radical (unpaired) electrons. The Morgan fingerprint density at radius 1 is 1.26 bits per heavy atom. The van der Waals surface area contributed by atoms with Crippen LogP contribution in [0.4, 0.5) is 0 Å². The summed E-state index contributed by atoms with van der Waals surface area (Å²) in [6.07, 6.45) is 4.78. The van der Waals surface area contributed by atoms with E-state index in [1.54, 1.807) is 24.4 Å². The molecule has 0 spiro atoms. The van der Waals surface area contributed by atoms with Crippen LogP contribution in [-0.4, -0.2) is 67.3 Å². The third kappa shape index (κ3) is 3.67. The number of pyridine rings is 1. The number of rotatable bonds is 5. The number of hydrogen-bond donors (Lipinski definition) is 1. The number of nitrogens with one attached hydrogen (secondary N) is 1. The van der Waals surface area contributed by atoms with Gasteiger partial charge >= 0.3 is 0 Å². The van der Waals surface area contributed by atoms with Crippen LogP contribution in [0, 0.1) is 0 Å². The molecule has 1 atom stereocenters. The first-order valence-corrected chi connectivity index (χ1v) is 10.8. The molecule has 0 saturated carbocycles. The van der Waals surface area contributed by atoms with E-state index >= 15 is 0 Å². The molecule has 144 valence electrons. The molecule has 0 bridgehead atoms. The van der Waals surface area contributed by atoms with Crippen molar-refractivity contribution in [1.82, 2.24) is 19.5 Å². The van der Waals surface area contributed by atoms with Crippen molar-refractivity contribution in [3.63, 3.8) is 0 Å². The molecule has 9 heteroatoms. The largest absolute Gasteiger partial charge is 0.351 e. The van der Waals surface area contributed by atoms with Crippen LogP contribution in [0.3, 0.4) is 0 Å². The molecule has 2 fully saturated rings. The van der Waals surface area contributed by atoms with Gasteiger partial charge in [-0.15, -0.1) is 0 Å². The maximum atomic E-state index is 13.2. The Kier molecular flexibility index (Phi) is 5.07. The molecule has 1 aromatic heterocycles. The van der Waals surface area contributed by atoms with E-state index in [2.05, 4.69) is 15.2 Å². The lowest BCUT2D eigenvalue weighted by Crippen LogP contribution is -2.47. The van der Waals surface area contributed by atoms with Crippen molar-refractivity contribution in [2.45, 2.75) is 23.8 Å². The van der Waals surface area contributed by atoms with Crippen LogP contribution in [0.2, 0.25) is 5.02 Å². The Labute approximate surface area is 163 Å². The van der Waals surface area contributed by atoms with Crippen molar-refractivity contribution >= 4 is 38.3 Å². The van der Waals surface area contributed by atoms with E-state index in [0.29, 0.717) is 35.3 Å². The van der Waals surface area contributed by atoms with Gasteiger partial charge in [0, 0.05) is 42.3 Å². The predicted octanol–water partition coefficient (Wildman–Crippen LogP) is 1.47. The smallest absolute Gasteiger partial charge is 0.243 e. The maximum Gasteiger partial charge on any atom is 0.243 e. The molecule has 1 aromatic carbocycles. The second-order valence-electron chi connectivity index (χ2n) is 7.02. The predicted molar refractivity (Wildman–Crippen MR) is 103 cm³/mol. The number of likely N-dealkylation sites (tertiary alicyclic amines) is 1. The van der Waals surface area contributed by atoms with Crippen LogP contribution in [0.5, 0.6) is 0 Å². The number of aromatic nitrogens is 1. The number of fused-ring (bicyclic) bond motifs is 1. The summed E-state index contributed by atoms with van der Waals surface area (Å²) in [4.78, 5) is 18.4. The number of nitrogens with zero attached hydrogens (tertiary/aromatic N) is 3. The fraction of sp³-hybridized carbons (Fsp3) is 0.444. The second-order valence-corrected chi connectivity index (χ2v) is 9.34. The summed E-state index contributed by atoms with van der Waals surface area (Å²) < 4.78 is 27.8. The zero-order valence-electron chi connectivity index (χ0n) is 14.8. The molecule has 7 nitrogen and oxygen atoms in total. The Morgan fingerprint density at radius 2 is 2.07 bits per heavy atom. The number of amides is 1. The molecule has 2 aliphatic rings. The minimum Gasteiger partial charge on any atom is -0.351 e. The summed E-state index contributed by atoms with van der Waals surface area (Å²) in [5.41, 5.74) is 0. The highest BCUT2D eigenvalue weighted by molar-refractivity contribution is 7.89. The Balaban J connectivity index is 1.51. The standard InChI is InChI=1S/C18H21ClN4O3S/c19-15-10-20-9-13-3-1-4-16(18(13)15)27(25,26)23-8-5-14(11-23)21-17(24)12-22-6-2-7-22/h1,3-4,9-10,14H,2,5-8,11-12H2,(H,21,24)/t14-/m0/s1. The van der Waals surface area contributed by atoms with Crippen molar-refractivity contribution in [3.05, 3.63) is 35.6 Å². The highest BCUT2D eigenvalue weighted by atomic mass is 35.5. The van der Waals surface area contributed by atoms with Gasteiger partial charge in [0.2, 0.25) is 15.9 Å². The van der Waals surface area contributed by atoms with E-state index in [4.69, 9.17) is 11.6 Å². The first-order valence-electron chi connectivity index (χ1n) is 8.99. The lowest BCUT2D eigenvalue weighted by molar-refractivity contribution is -0.123. The monoisotopic (exact) mass is 408 g/mol. The molecule has 2 aliphatic heterocycles. The Hall–Kier alpha value is -1.74. The van der Waals surface area contributed by atoms with Gasteiger partial charge in [-0.05, 0) is 32.0 Å². The lowest BCUT2D eigenvalue weighted by atomic mass is 10.2. The molecule has 1 N–H and O–H groups in total. The Morgan fingerprint density at radius 3 is 2.81 bits per heavy atom. The molecule has 4 rings (SSSR count). The molecule has 3 heterocycles. The van der Waals surface area contributed by atoms with Gasteiger partial charge in [0.15, 0.2) is 0 Å². The fourth-order valence-corrected chi connectivity index (χ4v) is 5.65. The van der Waals surface area contributed by atoms with Gasteiger partial charge in [-0.3, -0.25) is 14.7 Å². The van der Waals surface area contributed by atoms with Crippen molar-refractivity contribution in [3.8, 4) is 0 Å². The molecule has 0 aliphatic carbocycles. The fourth-order valence-electron chi connectivity index (χ4n) is 3.59. The third-order valence-corrected chi connectivity index (χ3v) is 7.34. The molecule has 27 heavy (non-hydrogen) atoms. The third-order valence-electron chi connectivity index (χ3n) is 5.15. The minimum atomic E-state index is -3.71. The number of carbonyl (C=O) groups is 1. The van der Waals surface area contributed by atoms with Gasteiger partial charge < -0.3 is 5.32 Å².